The van der Waals surface area contributed by atoms with Crippen molar-refractivity contribution < 1.29 is 23.9 Å². The highest BCUT2D eigenvalue weighted by Crippen LogP contribution is 2.57. The topological polar surface area (TPSA) is 81.7 Å². The molecule has 3 aliphatic rings. The molecular formula is C21H19NO5. The van der Waals surface area contributed by atoms with Gasteiger partial charge in [0, 0.05) is 17.0 Å². The third-order valence-electron chi connectivity index (χ3n) is 6.16. The van der Waals surface area contributed by atoms with E-state index in [1.54, 1.807) is 0 Å². The van der Waals surface area contributed by atoms with Gasteiger partial charge >= 0.3 is 11.9 Å². The minimum atomic E-state index is -0.466. The molecule has 6 nitrogen and oxygen atoms in total. The number of anilines is 1. The van der Waals surface area contributed by atoms with Crippen LogP contribution >= 0.6 is 0 Å². The summed E-state index contributed by atoms with van der Waals surface area (Å²) in [6, 6.07) is 13.4. The largest absolute Gasteiger partial charge is 0.462 e. The van der Waals surface area contributed by atoms with E-state index in [-0.39, 0.29) is 36.4 Å². The van der Waals surface area contributed by atoms with Crippen LogP contribution in [-0.4, -0.2) is 30.6 Å². The van der Waals surface area contributed by atoms with E-state index in [2.05, 4.69) is 5.32 Å². The molecular weight excluding hydrogens is 346 g/mol. The Hall–Kier alpha value is -2.89. The predicted molar refractivity (Wildman–Crippen MR) is 96.6 cm³/mol. The van der Waals surface area contributed by atoms with E-state index in [0.29, 0.717) is 5.69 Å². The van der Waals surface area contributed by atoms with Crippen LogP contribution in [0.1, 0.15) is 12.8 Å². The van der Waals surface area contributed by atoms with Crippen molar-refractivity contribution in [2.45, 2.75) is 18.9 Å². The van der Waals surface area contributed by atoms with E-state index in [4.69, 9.17) is 9.47 Å². The first-order valence-corrected chi connectivity index (χ1v) is 9.26. The Morgan fingerprint density at radius 3 is 2.81 bits per heavy atom. The first-order valence-electron chi connectivity index (χ1n) is 9.26. The summed E-state index contributed by atoms with van der Waals surface area (Å²) < 4.78 is 10.6. The van der Waals surface area contributed by atoms with Crippen molar-refractivity contribution in [1.82, 2.24) is 0 Å². The molecule has 1 saturated heterocycles. The highest BCUT2D eigenvalue weighted by Gasteiger charge is 2.64. The fourth-order valence-corrected chi connectivity index (χ4v) is 5.08. The molecule has 27 heavy (non-hydrogen) atoms. The number of carbonyl (C=O) groups is 3. The van der Waals surface area contributed by atoms with Crippen LogP contribution in [0.4, 0.5) is 5.69 Å². The zero-order valence-electron chi connectivity index (χ0n) is 14.6. The van der Waals surface area contributed by atoms with Crippen molar-refractivity contribution in [3.8, 4) is 0 Å². The maximum atomic E-state index is 12.5. The smallest absolute Gasteiger partial charge is 0.310 e. The lowest BCUT2D eigenvalue weighted by atomic mass is 9.80. The maximum absolute atomic E-state index is 12.5. The SMILES string of the molecule is O=C(COC(=O)[C@@H]1[C@@H]2C[C@@H]3[C@H]1C(=O)O[C@@H]3C2)Nc1cccc2ccccc12. The van der Waals surface area contributed by atoms with Crippen LogP contribution in [0.2, 0.25) is 0 Å². The van der Waals surface area contributed by atoms with Crippen LogP contribution in [0.5, 0.6) is 0 Å². The van der Waals surface area contributed by atoms with Gasteiger partial charge in [-0.1, -0.05) is 36.4 Å². The summed E-state index contributed by atoms with van der Waals surface area (Å²) in [5.74, 6) is -1.72. The highest BCUT2D eigenvalue weighted by atomic mass is 16.6. The van der Waals surface area contributed by atoms with Gasteiger partial charge in [0.05, 0.1) is 11.8 Å². The highest BCUT2D eigenvalue weighted by molar-refractivity contribution is 6.02. The molecule has 1 amide bonds. The van der Waals surface area contributed by atoms with E-state index in [1.807, 2.05) is 42.5 Å². The monoisotopic (exact) mass is 365 g/mol. The van der Waals surface area contributed by atoms with Crippen molar-refractivity contribution in [2.75, 3.05) is 11.9 Å². The van der Waals surface area contributed by atoms with Crippen LogP contribution in [0.15, 0.2) is 42.5 Å². The minimum absolute atomic E-state index is 0.0220. The van der Waals surface area contributed by atoms with E-state index in [1.165, 1.54) is 0 Å². The van der Waals surface area contributed by atoms with Crippen LogP contribution in [0.25, 0.3) is 10.8 Å². The summed E-state index contributed by atoms with van der Waals surface area (Å²) in [6.45, 7) is -0.360. The summed E-state index contributed by atoms with van der Waals surface area (Å²) >= 11 is 0. The van der Waals surface area contributed by atoms with Gasteiger partial charge in [0.25, 0.3) is 5.91 Å². The van der Waals surface area contributed by atoms with Crippen LogP contribution in [0, 0.1) is 23.7 Å². The zero-order valence-corrected chi connectivity index (χ0v) is 14.6. The third-order valence-corrected chi connectivity index (χ3v) is 6.16. The number of ether oxygens (including phenoxy) is 2. The van der Waals surface area contributed by atoms with E-state index >= 15 is 0 Å². The molecule has 0 spiro atoms. The molecule has 1 N–H and O–H groups in total. The minimum Gasteiger partial charge on any atom is -0.462 e. The van der Waals surface area contributed by atoms with E-state index < -0.39 is 17.8 Å². The Morgan fingerprint density at radius 1 is 1.11 bits per heavy atom. The normalized spacial score (nSPS) is 30.4. The number of nitrogens with one attached hydrogen (secondary N) is 1. The summed E-state index contributed by atoms with van der Waals surface area (Å²) in [7, 11) is 0. The average Bonchev–Trinajstić information content (AvgIpc) is 3.29. The Labute approximate surface area is 155 Å². The molecule has 6 heteroatoms. The molecule has 5 atom stereocenters. The molecule has 0 aromatic heterocycles. The van der Waals surface area contributed by atoms with Crippen LogP contribution in [0.3, 0.4) is 0 Å². The summed E-state index contributed by atoms with van der Waals surface area (Å²) in [5.41, 5.74) is 0.677. The lowest BCUT2D eigenvalue weighted by Crippen LogP contribution is -2.34. The summed E-state index contributed by atoms with van der Waals surface area (Å²) in [4.78, 5) is 36.8. The van der Waals surface area contributed by atoms with Gasteiger partial charge in [0.2, 0.25) is 0 Å². The first-order chi connectivity index (χ1) is 13.1. The number of hydrogen-bond donors (Lipinski definition) is 1. The standard InChI is InChI=1S/C21H19NO5/c23-17(22-15-7-3-5-11-4-1-2-6-13(11)15)10-26-20(24)18-12-8-14-16(9-12)27-21(25)19(14)18/h1-7,12,14,16,18-19H,8-10H2,(H,22,23)/t12-,14+,16-,18-,19-/m1/s1. The maximum Gasteiger partial charge on any atom is 0.310 e. The van der Waals surface area contributed by atoms with Gasteiger partial charge in [-0.2, -0.15) is 0 Å². The fourth-order valence-electron chi connectivity index (χ4n) is 5.08. The Balaban J connectivity index is 1.23. The van der Waals surface area contributed by atoms with E-state index in [0.717, 1.165) is 23.6 Å². The van der Waals surface area contributed by atoms with Crippen molar-refractivity contribution in [3.05, 3.63) is 42.5 Å². The van der Waals surface area contributed by atoms with Crippen molar-refractivity contribution >= 4 is 34.3 Å². The lowest BCUT2D eigenvalue weighted by Gasteiger charge is -2.22. The molecule has 3 fully saturated rings. The number of amides is 1. The van der Waals surface area contributed by atoms with E-state index in [9.17, 15) is 14.4 Å². The molecule has 2 aromatic carbocycles. The lowest BCUT2D eigenvalue weighted by molar-refractivity contribution is -0.157. The molecule has 2 aromatic rings. The molecule has 5 rings (SSSR count). The van der Waals surface area contributed by atoms with Gasteiger partial charge < -0.3 is 14.8 Å². The quantitative estimate of drug-likeness (QED) is 0.842. The first kappa shape index (κ1) is 16.3. The Bertz CT molecular complexity index is 947. The van der Waals surface area contributed by atoms with Gasteiger partial charge in [0.1, 0.15) is 6.10 Å². The zero-order chi connectivity index (χ0) is 18.5. The number of hydrogen-bond acceptors (Lipinski definition) is 5. The number of fused-ring (bicyclic) bond motifs is 2. The number of rotatable bonds is 4. The molecule has 0 unspecified atom stereocenters. The summed E-state index contributed by atoms with van der Waals surface area (Å²) in [6.07, 6.45) is 1.55. The Kier molecular flexibility index (Phi) is 3.67. The molecule has 138 valence electrons. The van der Waals surface area contributed by atoms with Crippen LogP contribution in [-0.2, 0) is 23.9 Å². The Morgan fingerprint density at radius 2 is 1.93 bits per heavy atom. The van der Waals surface area contributed by atoms with Crippen LogP contribution < -0.4 is 5.32 Å². The summed E-state index contributed by atoms with van der Waals surface area (Å²) in [5, 5.41) is 4.74. The van der Waals surface area contributed by atoms with Crippen molar-refractivity contribution in [3.63, 3.8) is 0 Å². The predicted octanol–water partition coefficient (Wildman–Crippen LogP) is 2.52. The molecule has 1 heterocycles. The van der Waals surface area contributed by atoms with Gasteiger partial charge in [-0.3, -0.25) is 14.4 Å². The molecule has 2 aliphatic carbocycles. The second-order valence-electron chi connectivity index (χ2n) is 7.60. The molecule has 1 aliphatic heterocycles. The molecule has 2 bridgehead atoms. The van der Waals surface area contributed by atoms with Crippen molar-refractivity contribution in [1.29, 1.82) is 0 Å². The second kappa shape index (κ2) is 6.08. The van der Waals surface area contributed by atoms with Gasteiger partial charge in [0.15, 0.2) is 6.61 Å². The second-order valence-corrected chi connectivity index (χ2v) is 7.60. The van der Waals surface area contributed by atoms with Gasteiger partial charge in [-0.15, -0.1) is 0 Å². The third kappa shape index (κ3) is 2.59. The molecule has 2 saturated carbocycles. The average molecular weight is 365 g/mol. The fraction of sp³-hybridized carbons (Fsp3) is 0.381. The van der Waals surface area contributed by atoms with Gasteiger partial charge in [-0.25, -0.2) is 0 Å². The molecule has 0 radical (unpaired) electrons. The number of esters is 2. The number of benzene rings is 2. The number of carbonyl (C=O) groups excluding carboxylic acids is 3. The van der Waals surface area contributed by atoms with Gasteiger partial charge in [-0.05, 0) is 30.2 Å². The van der Waals surface area contributed by atoms with Crippen molar-refractivity contribution in [2.24, 2.45) is 23.7 Å².